The van der Waals surface area contributed by atoms with Crippen LogP contribution in [-0.4, -0.2) is 19.1 Å². The molecule has 86 valence electrons. The molecular formula is C12H14FNO2. The summed E-state index contributed by atoms with van der Waals surface area (Å²) in [6.07, 6.45) is 0.736. The number of hydrogen-bond acceptors (Lipinski definition) is 2. The molecule has 0 aliphatic carbocycles. The first-order valence-corrected chi connectivity index (χ1v) is 5.31. The average molecular weight is 223 g/mol. The first-order chi connectivity index (χ1) is 7.66. The normalized spacial score (nSPS) is 19.8. The average Bonchev–Trinajstić information content (AvgIpc) is 2.77. The molecule has 1 aliphatic heterocycles. The molecular weight excluding hydrogens is 209 g/mol. The number of rotatable bonds is 2. The first-order valence-electron chi connectivity index (χ1n) is 5.31. The molecule has 16 heavy (non-hydrogen) atoms. The third kappa shape index (κ3) is 2.39. The molecule has 1 atom stereocenters. The number of carbonyl (C=O) groups excluding carboxylic acids is 1. The van der Waals surface area contributed by atoms with Crippen LogP contribution < -0.4 is 5.32 Å². The molecule has 0 spiro atoms. The van der Waals surface area contributed by atoms with Gasteiger partial charge in [-0.3, -0.25) is 4.79 Å². The van der Waals surface area contributed by atoms with Crippen LogP contribution in [0.15, 0.2) is 18.2 Å². The summed E-state index contributed by atoms with van der Waals surface area (Å²) < 4.78 is 18.4. The number of amides is 1. The number of carbonyl (C=O) groups is 1. The molecule has 0 unspecified atom stereocenters. The van der Waals surface area contributed by atoms with Gasteiger partial charge in [0.1, 0.15) is 5.82 Å². The van der Waals surface area contributed by atoms with E-state index in [0.29, 0.717) is 24.5 Å². The largest absolute Gasteiger partial charge is 0.381 e. The predicted molar refractivity (Wildman–Crippen MR) is 58.7 cm³/mol. The van der Waals surface area contributed by atoms with E-state index in [1.165, 1.54) is 6.07 Å². The summed E-state index contributed by atoms with van der Waals surface area (Å²) in [6, 6.07) is 4.69. The Labute approximate surface area is 93.6 Å². The van der Waals surface area contributed by atoms with E-state index in [1.807, 2.05) is 0 Å². The van der Waals surface area contributed by atoms with Crippen molar-refractivity contribution in [2.24, 2.45) is 5.92 Å². The van der Waals surface area contributed by atoms with Crippen LogP contribution in [0.4, 0.5) is 10.1 Å². The van der Waals surface area contributed by atoms with Gasteiger partial charge in [-0.1, -0.05) is 6.07 Å². The van der Waals surface area contributed by atoms with E-state index in [-0.39, 0.29) is 17.6 Å². The summed E-state index contributed by atoms with van der Waals surface area (Å²) in [5.41, 5.74) is 1.07. The van der Waals surface area contributed by atoms with Crippen molar-refractivity contribution >= 4 is 11.6 Å². The van der Waals surface area contributed by atoms with E-state index in [0.717, 1.165) is 6.42 Å². The molecule has 2 rings (SSSR count). The minimum absolute atomic E-state index is 0.0965. The van der Waals surface area contributed by atoms with Gasteiger partial charge in [-0.15, -0.1) is 0 Å². The second-order valence-corrected chi connectivity index (χ2v) is 4.01. The van der Waals surface area contributed by atoms with Gasteiger partial charge in [-0.25, -0.2) is 4.39 Å². The van der Waals surface area contributed by atoms with Crippen molar-refractivity contribution in [2.75, 3.05) is 18.5 Å². The number of hydrogen-bond donors (Lipinski definition) is 1. The Hall–Kier alpha value is -1.42. The van der Waals surface area contributed by atoms with Gasteiger partial charge in [0.15, 0.2) is 0 Å². The quantitative estimate of drug-likeness (QED) is 0.833. The minimum Gasteiger partial charge on any atom is -0.381 e. The lowest BCUT2D eigenvalue weighted by atomic mass is 10.1. The van der Waals surface area contributed by atoms with E-state index in [2.05, 4.69) is 5.32 Å². The highest BCUT2D eigenvalue weighted by Crippen LogP contribution is 2.17. The molecule has 1 amide bonds. The Morgan fingerprint density at radius 1 is 1.56 bits per heavy atom. The maximum absolute atomic E-state index is 13.2. The number of halogens is 1. The minimum atomic E-state index is -0.305. The Balaban J connectivity index is 2.02. The Morgan fingerprint density at radius 3 is 3.00 bits per heavy atom. The van der Waals surface area contributed by atoms with Crippen LogP contribution in [-0.2, 0) is 9.53 Å². The molecule has 0 saturated carbocycles. The van der Waals surface area contributed by atoms with E-state index in [4.69, 9.17) is 4.74 Å². The number of anilines is 1. The van der Waals surface area contributed by atoms with Crippen LogP contribution in [0, 0.1) is 18.7 Å². The van der Waals surface area contributed by atoms with Crippen molar-refractivity contribution < 1.29 is 13.9 Å². The number of nitrogens with one attached hydrogen (secondary N) is 1. The summed E-state index contributed by atoms with van der Waals surface area (Å²) in [5, 5.41) is 2.69. The van der Waals surface area contributed by atoms with Gasteiger partial charge in [0, 0.05) is 12.3 Å². The zero-order valence-corrected chi connectivity index (χ0v) is 9.13. The Morgan fingerprint density at radius 2 is 2.38 bits per heavy atom. The molecule has 1 saturated heterocycles. The zero-order valence-electron chi connectivity index (χ0n) is 9.13. The second kappa shape index (κ2) is 4.61. The molecule has 1 aromatic rings. The van der Waals surface area contributed by atoms with Crippen LogP contribution in [0.25, 0.3) is 0 Å². The molecule has 0 radical (unpaired) electrons. The standard InChI is InChI=1S/C12H14FNO2/c1-8-2-3-10(6-11(8)13)14-12(15)9-4-5-16-7-9/h2-3,6,9H,4-5,7H2,1H3,(H,14,15)/t9-/m0/s1. The second-order valence-electron chi connectivity index (χ2n) is 4.01. The highest BCUT2D eigenvalue weighted by molar-refractivity contribution is 5.92. The lowest BCUT2D eigenvalue weighted by molar-refractivity contribution is -0.119. The van der Waals surface area contributed by atoms with E-state index >= 15 is 0 Å². The van der Waals surface area contributed by atoms with Gasteiger partial charge in [0.05, 0.1) is 12.5 Å². The fraction of sp³-hybridized carbons (Fsp3) is 0.417. The van der Waals surface area contributed by atoms with Crippen LogP contribution in [0.3, 0.4) is 0 Å². The predicted octanol–water partition coefficient (Wildman–Crippen LogP) is 2.11. The van der Waals surface area contributed by atoms with Crippen molar-refractivity contribution in [3.63, 3.8) is 0 Å². The third-order valence-corrected chi connectivity index (χ3v) is 2.74. The number of ether oxygens (including phenoxy) is 1. The molecule has 3 nitrogen and oxygen atoms in total. The van der Waals surface area contributed by atoms with E-state index in [1.54, 1.807) is 19.1 Å². The Kier molecular flexibility index (Phi) is 3.19. The molecule has 1 fully saturated rings. The van der Waals surface area contributed by atoms with Crippen LogP contribution >= 0.6 is 0 Å². The summed E-state index contributed by atoms with van der Waals surface area (Å²) in [6.45, 7) is 2.77. The first kappa shape index (κ1) is 11.1. The van der Waals surface area contributed by atoms with Gasteiger partial charge in [0.25, 0.3) is 0 Å². The number of benzene rings is 1. The monoisotopic (exact) mass is 223 g/mol. The fourth-order valence-electron chi connectivity index (χ4n) is 1.66. The fourth-order valence-corrected chi connectivity index (χ4v) is 1.66. The highest BCUT2D eigenvalue weighted by Gasteiger charge is 2.23. The molecule has 4 heteroatoms. The maximum atomic E-state index is 13.2. The van der Waals surface area contributed by atoms with Crippen LogP contribution in [0.2, 0.25) is 0 Å². The van der Waals surface area contributed by atoms with Crippen LogP contribution in [0.5, 0.6) is 0 Å². The van der Waals surface area contributed by atoms with E-state index in [9.17, 15) is 9.18 Å². The summed E-state index contributed by atoms with van der Waals surface area (Å²) in [5.74, 6) is -0.509. The zero-order chi connectivity index (χ0) is 11.5. The summed E-state index contributed by atoms with van der Waals surface area (Å²) in [7, 11) is 0. The van der Waals surface area contributed by atoms with E-state index < -0.39 is 0 Å². The summed E-state index contributed by atoms with van der Waals surface area (Å²) in [4.78, 5) is 11.7. The third-order valence-electron chi connectivity index (χ3n) is 2.74. The molecule has 0 aromatic heterocycles. The molecule has 1 heterocycles. The molecule has 0 bridgehead atoms. The lowest BCUT2D eigenvalue weighted by Gasteiger charge is -2.09. The van der Waals surface area contributed by atoms with Gasteiger partial charge >= 0.3 is 0 Å². The van der Waals surface area contributed by atoms with Crippen molar-refractivity contribution in [3.8, 4) is 0 Å². The summed E-state index contributed by atoms with van der Waals surface area (Å²) >= 11 is 0. The highest BCUT2D eigenvalue weighted by atomic mass is 19.1. The topological polar surface area (TPSA) is 38.3 Å². The van der Waals surface area contributed by atoms with Gasteiger partial charge in [-0.2, -0.15) is 0 Å². The van der Waals surface area contributed by atoms with Crippen molar-refractivity contribution in [1.82, 2.24) is 0 Å². The van der Waals surface area contributed by atoms with Gasteiger partial charge in [-0.05, 0) is 31.0 Å². The smallest absolute Gasteiger partial charge is 0.229 e. The maximum Gasteiger partial charge on any atom is 0.229 e. The van der Waals surface area contributed by atoms with Crippen LogP contribution in [0.1, 0.15) is 12.0 Å². The lowest BCUT2D eigenvalue weighted by Crippen LogP contribution is -2.22. The van der Waals surface area contributed by atoms with Gasteiger partial charge in [0.2, 0.25) is 5.91 Å². The molecule has 1 N–H and O–H groups in total. The molecule has 1 aromatic carbocycles. The van der Waals surface area contributed by atoms with Crippen molar-refractivity contribution in [2.45, 2.75) is 13.3 Å². The van der Waals surface area contributed by atoms with Crippen molar-refractivity contribution in [1.29, 1.82) is 0 Å². The van der Waals surface area contributed by atoms with Gasteiger partial charge < -0.3 is 10.1 Å². The Bertz CT molecular complexity index is 400. The molecule has 1 aliphatic rings. The van der Waals surface area contributed by atoms with Crippen molar-refractivity contribution in [3.05, 3.63) is 29.6 Å². The SMILES string of the molecule is Cc1ccc(NC(=O)[C@H]2CCOC2)cc1F. The number of aryl methyl sites for hydroxylation is 1.